The van der Waals surface area contributed by atoms with Gasteiger partial charge in [-0.1, -0.05) is 13.8 Å². The second-order valence-corrected chi connectivity index (χ2v) is 3.15. The summed E-state index contributed by atoms with van der Waals surface area (Å²) in [6.45, 7) is 4.45. The Morgan fingerprint density at radius 3 is 2.38 bits per heavy atom. The molecule has 72 valence electrons. The van der Waals surface area contributed by atoms with Crippen molar-refractivity contribution < 1.29 is 9.59 Å². The van der Waals surface area contributed by atoms with Crippen molar-refractivity contribution in [3.63, 3.8) is 0 Å². The fourth-order valence-corrected chi connectivity index (χ4v) is 1.04. The van der Waals surface area contributed by atoms with Crippen molar-refractivity contribution in [3.8, 4) is 0 Å². The summed E-state index contributed by atoms with van der Waals surface area (Å²) in [4.78, 5) is 26.9. The van der Waals surface area contributed by atoms with Gasteiger partial charge >= 0.3 is 0 Å². The van der Waals surface area contributed by atoms with E-state index in [1.165, 1.54) is 6.08 Å². The third-order valence-electron chi connectivity index (χ3n) is 1.82. The summed E-state index contributed by atoms with van der Waals surface area (Å²) < 4.78 is 0. The Labute approximate surface area is 77.8 Å². The Morgan fingerprint density at radius 1 is 1.23 bits per heavy atom. The lowest BCUT2D eigenvalue weighted by molar-refractivity contribution is 0.451. The first-order valence-electron chi connectivity index (χ1n) is 4.33. The van der Waals surface area contributed by atoms with Crippen molar-refractivity contribution in [1.29, 1.82) is 0 Å². The second kappa shape index (κ2) is 7.41. The lowest BCUT2D eigenvalue weighted by Gasteiger charge is -2.12. The molecule has 0 rings (SSSR count). The first kappa shape index (κ1) is 11.8. The molecule has 0 fully saturated rings. The summed E-state index contributed by atoms with van der Waals surface area (Å²) in [6, 6.07) is -0.000600. The fraction of sp³-hybridized carbons (Fsp3) is 0.778. The van der Waals surface area contributed by atoms with Gasteiger partial charge in [0.2, 0.25) is 12.2 Å². The molecule has 1 unspecified atom stereocenters. The van der Waals surface area contributed by atoms with Crippen LogP contribution in [0.15, 0.2) is 9.98 Å². The molecule has 0 spiro atoms. The van der Waals surface area contributed by atoms with E-state index < -0.39 is 0 Å². The van der Waals surface area contributed by atoms with Gasteiger partial charge in [-0.25, -0.2) is 19.6 Å². The Kier molecular flexibility index (Phi) is 6.70. The van der Waals surface area contributed by atoms with Crippen LogP contribution in [0.2, 0.25) is 0 Å². The molecule has 0 aromatic heterocycles. The Balaban J connectivity index is 3.82. The first-order valence-corrected chi connectivity index (χ1v) is 4.33. The SMILES string of the molecule is CC(C)C(CCCN=C=O)N=C=O. The second-order valence-electron chi connectivity index (χ2n) is 3.15. The van der Waals surface area contributed by atoms with Gasteiger partial charge in [0, 0.05) is 0 Å². The summed E-state index contributed by atoms with van der Waals surface area (Å²) in [7, 11) is 0. The number of rotatable bonds is 6. The highest BCUT2D eigenvalue weighted by Crippen LogP contribution is 2.11. The Morgan fingerprint density at radius 2 is 1.92 bits per heavy atom. The highest BCUT2D eigenvalue weighted by molar-refractivity contribution is 5.33. The van der Waals surface area contributed by atoms with Gasteiger partial charge in [0.15, 0.2) is 0 Å². The maximum Gasteiger partial charge on any atom is 0.235 e. The molecule has 0 heterocycles. The molecule has 0 saturated heterocycles. The first-order chi connectivity index (χ1) is 6.22. The quantitative estimate of drug-likeness (QED) is 0.354. The molecular weight excluding hydrogens is 168 g/mol. The summed E-state index contributed by atoms with van der Waals surface area (Å²) in [6.07, 6.45) is 4.54. The van der Waals surface area contributed by atoms with Crippen molar-refractivity contribution in [2.45, 2.75) is 32.7 Å². The largest absolute Gasteiger partial charge is 0.235 e. The van der Waals surface area contributed by atoms with Gasteiger partial charge in [0.1, 0.15) is 0 Å². The van der Waals surface area contributed by atoms with Crippen LogP contribution in [0.3, 0.4) is 0 Å². The number of nitrogens with zero attached hydrogens (tertiary/aromatic N) is 2. The number of aliphatic imine (C=N–C) groups is 2. The van der Waals surface area contributed by atoms with Crippen molar-refractivity contribution >= 4 is 12.2 Å². The standard InChI is InChI=1S/C9H14N2O2/c1-8(2)9(11-7-13)4-3-5-10-6-12/h8-9H,3-5H2,1-2H3. The molecule has 1 atom stereocenters. The molecule has 0 amide bonds. The van der Waals surface area contributed by atoms with Crippen LogP contribution in [0.5, 0.6) is 0 Å². The molecule has 4 heteroatoms. The molecule has 0 radical (unpaired) electrons. The molecule has 0 N–H and O–H groups in total. The molecule has 0 aliphatic heterocycles. The summed E-state index contributed by atoms with van der Waals surface area (Å²) in [5, 5.41) is 0. The van der Waals surface area contributed by atoms with Gasteiger partial charge in [-0.3, -0.25) is 0 Å². The zero-order valence-electron chi connectivity index (χ0n) is 7.99. The van der Waals surface area contributed by atoms with Crippen LogP contribution in [0.4, 0.5) is 0 Å². The molecule has 0 saturated carbocycles. The van der Waals surface area contributed by atoms with Crippen LogP contribution in [0.1, 0.15) is 26.7 Å². The minimum atomic E-state index is -0.000600. The third kappa shape index (κ3) is 5.97. The van der Waals surface area contributed by atoms with Crippen LogP contribution < -0.4 is 0 Å². The van der Waals surface area contributed by atoms with Crippen LogP contribution in [0, 0.1) is 5.92 Å². The van der Waals surface area contributed by atoms with Crippen LogP contribution in [-0.2, 0) is 9.59 Å². The number of hydrogen-bond acceptors (Lipinski definition) is 4. The van der Waals surface area contributed by atoms with Crippen molar-refractivity contribution in [2.24, 2.45) is 15.9 Å². The van der Waals surface area contributed by atoms with E-state index in [4.69, 9.17) is 0 Å². The Hall–Kier alpha value is -1.24. The molecule has 0 aromatic carbocycles. The van der Waals surface area contributed by atoms with Gasteiger partial charge in [-0.15, -0.1) is 0 Å². The van der Waals surface area contributed by atoms with E-state index in [0.717, 1.165) is 12.8 Å². The lowest BCUT2D eigenvalue weighted by atomic mass is 10.0. The predicted molar refractivity (Wildman–Crippen MR) is 49.0 cm³/mol. The molecule has 0 aromatic rings. The van der Waals surface area contributed by atoms with Crippen LogP contribution >= 0.6 is 0 Å². The number of hydrogen-bond donors (Lipinski definition) is 0. The summed E-state index contributed by atoms with van der Waals surface area (Å²) in [5.41, 5.74) is 0. The van der Waals surface area contributed by atoms with Crippen molar-refractivity contribution in [3.05, 3.63) is 0 Å². The third-order valence-corrected chi connectivity index (χ3v) is 1.82. The molecule has 0 aliphatic rings. The zero-order chi connectivity index (χ0) is 10.1. The molecule has 0 aliphatic carbocycles. The van der Waals surface area contributed by atoms with E-state index in [-0.39, 0.29) is 6.04 Å². The van der Waals surface area contributed by atoms with E-state index in [0.29, 0.717) is 12.5 Å². The summed E-state index contributed by atoms with van der Waals surface area (Å²) in [5.74, 6) is 0.321. The average molecular weight is 182 g/mol. The van der Waals surface area contributed by atoms with E-state index in [9.17, 15) is 9.59 Å². The predicted octanol–water partition coefficient (Wildman–Crippen LogP) is 1.46. The van der Waals surface area contributed by atoms with E-state index in [1.54, 1.807) is 6.08 Å². The minimum absolute atomic E-state index is 0.000600. The topological polar surface area (TPSA) is 58.9 Å². The van der Waals surface area contributed by atoms with E-state index >= 15 is 0 Å². The van der Waals surface area contributed by atoms with Crippen molar-refractivity contribution in [1.82, 2.24) is 0 Å². The van der Waals surface area contributed by atoms with Crippen molar-refractivity contribution in [2.75, 3.05) is 6.54 Å². The van der Waals surface area contributed by atoms with Gasteiger partial charge in [-0.2, -0.15) is 0 Å². The fourth-order valence-electron chi connectivity index (χ4n) is 1.04. The number of carbonyl (C=O) groups excluding carboxylic acids is 2. The monoisotopic (exact) mass is 182 g/mol. The average Bonchev–Trinajstić information content (AvgIpc) is 2.10. The summed E-state index contributed by atoms with van der Waals surface area (Å²) >= 11 is 0. The lowest BCUT2D eigenvalue weighted by Crippen LogP contribution is -2.12. The highest BCUT2D eigenvalue weighted by atomic mass is 16.1. The van der Waals surface area contributed by atoms with Gasteiger partial charge < -0.3 is 0 Å². The van der Waals surface area contributed by atoms with E-state index in [1.807, 2.05) is 13.8 Å². The number of isocyanates is 2. The highest BCUT2D eigenvalue weighted by Gasteiger charge is 2.10. The molecule has 4 nitrogen and oxygen atoms in total. The maximum atomic E-state index is 10.0. The van der Waals surface area contributed by atoms with Gasteiger partial charge in [0.05, 0.1) is 12.6 Å². The normalized spacial score (nSPS) is 11.6. The maximum absolute atomic E-state index is 10.0. The van der Waals surface area contributed by atoms with E-state index in [2.05, 4.69) is 9.98 Å². The van der Waals surface area contributed by atoms with Gasteiger partial charge in [0.25, 0.3) is 0 Å². The van der Waals surface area contributed by atoms with Gasteiger partial charge in [-0.05, 0) is 18.8 Å². The van der Waals surface area contributed by atoms with Crippen LogP contribution in [0.25, 0.3) is 0 Å². The zero-order valence-corrected chi connectivity index (χ0v) is 7.99. The van der Waals surface area contributed by atoms with Crippen LogP contribution in [-0.4, -0.2) is 24.7 Å². The Bertz CT molecular complexity index is 226. The minimum Gasteiger partial charge on any atom is -0.211 e. The molecule has 0 bridgehead atoms. The molecular formula is C9H14N2O2. The smallest absolute Gasteiger partial charge is 0.211 e. The molecule has 13 heavy (non-hydrogen) atoms.